The van der Waals surface area contributed by atoms with Gasteiger partial charge >= 0.3 is 0 Å². The van der Waals surface area contributed by atoms with Gasteiger partial charge in [0.1, 0.15) is 11.5 Å². The second-order valence-electron chi connectivity index (χ2n) is 6.46. The summed E-state index contributed by atoms with van der Waals surface area (Å²) in [4.78, 5) is 15.9. The van der Waals surface area contributed by atoms with Crippen LogP contribution in [0.5, 0.6) is 5.75 Å². The average Bonchev–Trinajstić information content (AvgIpc) is 3.43. The number of Topliss-reactive ketones (excluding diaryl/α,β-unsaturated/α-hetero) is 1. The summed E-state index contributed by atoms with van der Waals surface area (Å²) < 4.78 is 13.3. The molecular formula is C22H20N4O3S. The largest absolute Gasteiger partial charge is 0.492 e. The van der Waals surface area contributed by atoms with Gasteiger partial charge in [0.2, 0.25) is 0 Å². The van der Waals surface area contributed by atoms with E-state index in [1.165, 1.54) is 18.7 Å². The number of para-hydroxylation sites is 1. The van der Waals surface area contributed by atoms with Gasteiger partial charge in [0.15, 0.2) is 16.8 Å². The molecule has 0 unspecified atom stereocenters. The van der Waals surface area contributed by atoms with Crippen LogP contribution in [-0.4, -0.2) is 37.9 Å². The molecule has 0 saturated heterocycles. The molecule has 0 radical (unpaired) electrons. The third-order valence-electron chi connectivity index (χ3n) is 4.37. The predicted molar refractivity (Wildman–Crippen MR) is 114 cm³/mol. The van der Waals surface area contributed by atoms with Crippen molar-refractivity contribution in [2.75, 3.05) is 12.4 Å². The third-order valence-corrected chi connectivity index (χ3v) is 5.30. The topological polar surface area (TPSA) is 83.0 Å². The van der Waals surface area contributed by atoms with E-state index in [2.05, 4.69) is 15.2 Å². The average molecular weight is 420 g/mol. The molecule has 0 aliphatic carbocycles. The van der Waals surface area contributed by atoms with E-state index in [0.717, 1.165) is 22.3 Å². The minimum absolute atomic E-state index is 0.0162. The number of nitrogens with zero attached hydrogens (tertiary/aromatic N) is 4. The fraction of sp³-hybridized carbons (Fsp3) is 0.182. The standard InChI is InChI=1S/C22H20N4O3S/c1-16(27)19-8-2-3-9-20(19)29-12-13-30-22-25-24-21(17-6-4-10-23-14-17)26(22)15-18-7-5-11-28-18/h2-11,14H,12-13,15H2,1H3. The number of rotatable bonds is 9. The molecule has 3 heterocycles. The van der Waals surface area contributed by atoms with Gasteiger partial charge in [-0.05, 0) is 43.3 Å². The van der Waals surface area contributed by atoms with Crippen LogP contribution in [-0.2, 0) is 6.54 Å². The maximum atomic E-state index is 11.7. The molecule has 0 atom stereocenters. The van der Waals surface area contributed by atoms with Crippen LogP contribution in [0.15, 0.2) is 76.8 Å². The van der Waals surface area contributed by atoms with Gasteiger partial charge < -0.3 is 9.15 Å². The van der Waals surface area contributed by atoms with Crippen LogP contribution in [0.25, 0.3) is 11.4 Å². The van der Waals surface area contributed by atoms with Crippen LogP contribution in [0.2, 0.25) is 0 Å². The second-order valence-corrected chi connectivity index (χ2v) is 7.52. The van der Waals surface area contributed by atoms with E-state index < -0.39 is 0 Å². The van der Waals surface area contributed by atoms with Crippen LogP contribution in [0.4, 0.5) is 0 Å². The van der Waals surface area contributed by atoms with Gasteiger partial charge in [-0.1, -0.05) is 23.9 Å². The lowest BCUT2D eigenvalue weighted by Gasteiger charge is -2.10. The Hall–Kier alpha value is -3.39. The fourth-order valence-electron chi connectivity index (χ4n) is 2.97. The third kappa shape index (κ3) is 4.60. The summed E-state index contributed by atoms with van der Waals surface area (Å²) in [6.45, 7) is 2.49. The first-order valence-electron chi connectivity index (χ1n) is 9.44. The Bertz CT molecular complexity index is 1110. The number of ketones is 1. The van der Waals surface area contributed by atoms with Gasteiger partial charge in [-0.3, -0.25) is 14.3 Å². The molecular weight excluding hydrogens is 400 g/mol. The van der Waals surface area contributed by atoms with Gasteiger partial charge in [0.05, 0.1) is 25.0 Å². The first-order valence-corrected chi connectivity index (χ1v) is 10.4. The summed E-state index contributed by atoms with van der Waals surface area (Å²) in [5.74, 6) is 2.77. The Morgan fingerprint density at radius 1 is 1.13 bits per heavy atom. The van der Waals surface area contributed by atoms with Gasteiger partial charge in [-0.2, -0.15) is 0 Å². The summed E-state index contributed by atoms with van der Waals surface area (Å²) in [5.41, 5.74) is 1.47. The van der Waals surface area contributed by atoms with Crippen molar-refractivity contribution in [2.45, 2.75) is 18.6 Å². The number of aromatic nitrogens is 4. The fourth-order valence-corrected chi connectivity index (χ4v) is 3.73. The Balaban J connectivity index is 1.47. The Morgan fingerprint density at radius 3 is 2.80 bits per heavy atom. The molecule has 0 aliphatic heterocycles. The molecule has 0 saturated carbocycles. The zero-order valence-corrected chi connectivity index (χ0v) is 17.2. The first-order chi connectivity index (χ1) is 14.7. The molecule has 0 bridgehead atoms. The van der Waals surface area contributed by atoms with Crippen molar-refractivity contribution in [3.8, 4) is 17.1 Å². The second kappa shape index (κ2) is 9.41. The molecule has 8 heteroatoms. The zero-order valence-electron chi connectivity index (χ0n) is 16.4. The Kier molecular flexibility index (Phi) is 6.24. The molecule has 0 spiro atoms. The molecule has 0 amide bonds. The minimum Gasteiger partial charge on any atom is -0.492 e. The number of ether oxygens (including phenoxy) is 1. The highest BCUT2D eigenvalue weighted by atomic mass is 32.2. The van der Waals surface area contributed by atoms with Crippen molar-refractivity contribution in [2.24, 2.45) is 0 Å². The number of hydrogen-bond donors (Lipinski definition) is 0. The quantitative estimate of drug-likeness (QED) is 0.226. The van der Waals surface area contributed by atoms with Gasteiger partial charge in [0, 0.05) is 23.7 Å². The number of furan rings is 1. The van der Waals surface area contributed by atoms with Crippen LogP contribution in [0.3, 0.4) is 0 Å². The highest BCUT2D eigenvalue weighted by molar-refractivity contribution is 7.99. The lowest BCUT2D eigenvalue weighted by molar-refractivity contribution is 0.101. The van der Waals surface area contributed by atoms with E-state index in [-0.39, 0.29) is 5.78 Å². The highest BCUT2D eigenvalue weighted by Gasteiger charge is 2.16. The maximum Gasteiger partial charge on any atom is 0.192 e. The number of carbonyl (C=O) groups is 1. The van der Waals surface area contributed by atoms with E-state index in [9.17, 15) is 4.79 Å². The van der Waals surface area contributed by atoms with Crippen molar-refractivity contribution in [3.05, 3.63) is 78.5 Å². The van der Waals surface area contributed by atoms with Gasteiger partial charge in [0.25, 0.3) is 0 Å². The molecule has 0 aliphatic rings. The van der Waals surface area contributed by atoms with Crippen LogP contribution < -0.4 is 4.74 Å². The molecule has 0 fully saturated rings. The highest BCUT2D eigenvalue weighted by Crippen LogP contribution is 2.25. The smallest absolute Gasteiger partial charge is 0.192 e. The predicted octanol–water partition coefficient (Wildman–Crippen LogP) is 4.36. The van der Waals surface area contributed by atoms with Crippen molar-refractivity contribution >= 4 is 17.5 Å². The van der Waals surface area contributed by atoms with E-state index >= 15 is 0 Å². The molecule has 30 heavy (non-hydrogen) atoms. The van der Waals surface area contributed by atoms with Crippen molar-refractivity contribution in [1.82, 2.24) is 19.7 Å². The minimum atomic E-state index is -0.0162. The SMILES string of the molecule is CC(=O)c1ccccc1OCCSc1nnc(-c2cccnc2)n1Cc1ccco1. The molecule has 7 nitrogen and oxygen atoms in total. The van der Waals surface area contributed by atoms with Crippen molar-refractivity contribution in [1.29, 1.82) is 0 Å². The molecule has 1 aromatic carbocycles. The normalized spacial score (nSPS) is 10.8. The van der Waals surface area contributed by atoms with E-state index in [0.29, 0.717) is 30.2 Å². The van der Waals surface area contributed by atoms with Gasteiger partial charge in [-0.25, -0.2) is 0 Å². The lowest BCUT2D eigenvalue weighted by Crippen LogP contribution is -2.07. The van der Waals surface area contributed by atoms with Crippen molar-refractivity contribution < 1.29 is 13.9 Å². The Morgan fingerprint density at radius 2 is 2.03 bits per heavy atom. The number of pyridine rings is 1. The van der Waals surface area contributed by atoms with E-state index in [1.807, 2.05) is 41.0 Å². The number of carbonyl (C=O) groups excluding carboxylic acids is 1. The van der Waals surface area contributed by atoms with E-state index in [1.54, 1.807) is 30.8 Å². The summed E-state index contributed by atoms with van der Waals surface area (Å²) in [5, 5.41) is 9.48. The summed E-state index contributed by atoms with van der Waals surface area (Å²) in [6, 6.07) is 14.9. The number of hydrogen-bond acceptors (Lipinski definition) is 7. The molecule has 4 aromatic rings. The molecule has 3 aromatic heterocycles. The summed E-state index contributed by atoms with van der Waals surface area (Å²) in [6.07, 6.45) is 5.14. The zero-order chi connectivity index (χ0) is 20.8. The summed E-state index contributed by atoms with van der Waals surface area (Å²) in [7, 11) is 0. The first kappa shape index (κ1) is 19.9. The molecule has 0 N–H and O–H groups in total. The van der Waals surface area contributed by atoms with Gasteiger partial charge in [-0.15, -0.1) is 10.2 Å². The molecule has 4 rings (SSSR count). The lowest BCUT2D eigenvalue weighted by atomic mass is 10.1. The van der Waals surface area contributed by atoms with Crippen LogP contribution >= 0.6 is 11.8 Å². The maximum absolute atomic E-state index is 11.7. The number of benzene rings is 1. The monoisotopic (exact) mass is 420 g/mol. The molecule has 152 valence electrons. The van der Waals surface area contributed by atoms with Crippen molar-refractivity contribution in [3.63, 3.8) is 0 Å². The van der Waals surface area contributed by atoms with Crippen LogP contribution in [0, 0.1) is 0 Å². The number of thioether (sulfide) groups is 1. The Labute approximate surface area is 178 Å². The van der Waals surface area contributed by atoms with Crippen LogP contribution in [0.1, 0.15) is 23.0 Å². The van der Waals surface area contributed by atoms with E-state index in [4.69, 9.17) is 9.15 Å². The summed E-state index contributed by atoms with van der Waals surface area (Å²) >= 11 is 1.54.